The summed E-state index contributed by atoms with van der Waals surface area (Å²) in [5, 5.41) is 14.6. The van der Waals surface area contributed by atoms with E-state index in [1.54, 1.807) is 0 Å². The molecule has 0 aromatic carbocycles. The van der Waals surface area contributed by atoms with Crippen LogP contribution in [0.2, 0.25) is 0 Å². The van der Waals surface area contributed by atoms with Crippen molar-refractivity contribution in [1.82, 2.24) is 19.6 Å². The molecule has 1 aromatic heterocycles. The summed E-state index contributed by atoms with van der Waals surface area (Å²) in [5.74, 6) is 0.215. The molecule has 2 saturated heterocycles. The number of piperidine rings is 2. The summed E-state index contributed by atoms with van der Waals surface area (Å²) in [7, 11) is 0. The molecule has 4 rings (SSSR count). The molecular weight excluding hydrogens is 328 g/mol. The molecule has 144 valence electrons. The van der Waals surface area contributed by atoms with E-state index in [4.69, 9.17) is 0 Å². The Hall–Kier alpha value is -1.40. The van der Waals surface area contributed by atoms with Gasteiger partial charge in [0.25, 0.3) is 0 Å². The molecule has 2 aliphatic heterocycles. The zero-order valence-corrected chi connectivity index (χ0v) is 15.9. The summed E-state index contributed by atoms with van der Waals surface area (Å²) >= 11 is 0. The van der Waals surface area contributed by atoms with Crippen LogP contribution in [0.5, 0.6) is 0 Å². The number of likely N-dealkylation sites (tertiary alicyclic amines) is 2. The van der Waals surface area contributed by atoms with Gasteiger partial charge in [0.05, 0.1) is 11.6 Å². The Bertz CT molecular complexity index is 642. The summed E-state index contributed by atoms with van der Waals surface area (Å²) in [4.78, 5) is 17.3. The van der Waals surface area contributed by atoms with Crippen molar-refractivity contribution in [3.63, 3.8) is 0 Å². The van der Waals surface area contributed by atoms with Gasteiger partial charge in [0.2, 0.25) is 0 Å². The third-order valence-electron chi connectivity index (χ3n) is 6.93. The smallest absolute Gasteiger partial charge is 0.312 e. The number of carboxylic acids is 1. The Labute approximate surface area is 156 Å². The lowest BCUT2D eigenvalue weighted by Crippen LogP contribution is -2.64. The molecule has 2 atom stereocenters. The largest absolute Gasteiger partial charge is 0.481 e. The minimum atomic E-state index is -0.596. The summed E-state index contributed by atoms with van der Waals surface area (Å²) in [6.45, 7) is 7.66. The number of aromatic nitrogens is 2. The average molecular weight is 361 g/mol. The third-order valence-corrected chi connectivity index (χ3v) is 6.93. The Morgan fingerprint density at radius 1 is 1.31 bits per heavy atom. The SMILES string of the molecule is CCn1cc(CN2CCC[C@]3(C(=O)O)CN(CC4CCC4)CC[C@@H]23)cn1. The second-order valence-corrected chi connectivity index (χ2v) is 8.58. The standard InChI is InChI=1S/C20H32N4O2/c1-2-24-14-17(11-21-24)13-23-9-4-8-20(19(25)26)15-22(10-7-18(20)23)12-16-5-3-6-16/h11,14,16,18H,2-10,12-13,15H2,1H3,(H,25,26)/t18-,20+/m1/s1. The molecule has 0 amide bonds. The zero-order valence-electron chi connectivity index (χ0n) is 15.9. The minimum Gasteiger partial charge on any atom is -0.481 e. The molecule has 3 aliphatic rings. The highest BCUT2D eigenvalue weighted by Crippen LogP contribution is 2.43. The molecule has 1 aliphatic carbocycles. The molecule has 6 nitrogen and oxygen atoms in total. The van der Waals surface area contributed by atoms with E-state index in [1.165, 1.54) is 24.8 Å². The second kappa shape index (κ2) is 7.31. The Kier molecular flexibility index (Phi) is 5.06. The van der Waals surface area contributed by atoms with Crippen LogP contribution in [0, 0.1) is 11.3 Å². The number of fused-ring (bicyclic) bond motifs is 1. The summed E-state index contributed by atoms with van der Waals surface area (Å²) in [6, 6.07) is 0.149. The van der Waals surface area contributed by atoms with Crippen molar-refractivity contribution in [3.05, 3.63) is 18.0 Å². The van der Waals surface area contributed by atoms with Crippen LogP contribution < -0.4 is 0 Å². The summed E-state index contributed by atoms with van der Waals surface area (Å²) < 4.78 is 1.95. The maximum atomic E-state index is 12.4. The molecule has 0 radical (unpaired) electrons. The highest BCUT2D eigenvalue weighted by molar-refractivity contribution is 5.76. The first-order chi connectivity index (χ1) is 12.6. The minimum absolute atomic E-state index is 0.149. The first-order valence-electron chi connectivity index (χ1n) is 10.3. The first kappa shape index (κ1) is 18.0. The molecule has 1 aromatic rings. The molecule has 6 heteroatoms. The molecule has 3 heterocycles. The normalized spacial score (nSPS) is 30.7. The molecule has 1 N–H and O–H groups in total. The van der Waals surface area contributed by atoms with E-state index in [1.807, 2.05) is 10.9 Å². The maximum Gasteiger partial charge on any atom is 0.312 e. The number of carboxylic acid groups (broad SMARTS) is 1. The number of hydrogen-bond donors (Lipinski definition) is 1. The molecule has 26 heavy (non-hydrogen) atoms. The average Bonchev–Trinajstić information content (AvgIpc) is 3.05. The number of carbonyl (C=O) groups is 1. The van der Waals surface area contributed by atoms with E-state index in [-0.39, 0.29) is 6.04 Å². The molecule has 1 saturated carbocycles. The number of aryl methyl sites for hydroxylation is 1. The zero-order chi connectivity index (χ0) is 18.1. The van der Waals surface area contributed by atoms with Crippen LogP contribution in [-0.2, 0) is 17.9 Å². The topological polar surface area (TPSA) is 61.6 Å². The quantitative estimate of drug-likeness (QED) is 0.844. The van der Waals surface area contributed by atoms with Crippen molar-refractivity contribution in [2.75, 3.05) is 26.2 Å². The highest BCUT2D eigenvalue weighted by atomic mass is 16.4. The van der Waals surface area contributed by atoms with Crippen LogP contribution >= 0.6 is 0 Å². The number of rotatable bonds is 6. The van der Waals surface area contributed by atoms with Crippen molar-refractivity contribution < 1.29 is 9.90 Å². The second-order valence-electron chi connectivity index (χ2n) is 8.58. The van der Waals surface area contributed by atoms with E-state index in [9.17, 15) is 9.90 Å². The van der Waals surface area contributed by atoms with Crippen molar-refractivity contribution >= 4 is 5.97 Å². The number of hydrogen-bond acceptors (Lipinski definition) is 4. The monoisotopic (exact) mass is 360 g/mol. The fraction of sp³-hybridized carbons (Fsp3) is 0.800. The van der Waals surface area contributed by atoms with Crippen molar-refractivity contribution in [3.8, 4) is 0 Å². The first-order valence-corrected chi connectivity index (χ1v) is 10.3. The Morgan fingerprint density at radius 3 is 2.81 bits per heavy atom. The van der Waals surface area contributed by atoms with Gasteiger partial charge in [0.15, 0.2) is 0 Å². The lowest BCUT2D eigenvalue weighted by molar-refractivity contribution is -0.165. The van der Waals surface area contributed by atoms with E-state index < -0.39 is 11.4 Å². The van der Waals surface area contributed by atoms with Gasteiger partial charge >= 0.3 is 5.97 Å². The highest BCUT2D eigenvalue weighted by Gasteiger charge is 2.53. The van der Waals surface area contributed by atoms with Crippen LogP contribution in [0.3, 0.4) is 0 Å². The van der Waals surface area contributed by atoms with Gasteiger partial charge in [-0.1, -0.05) is 6.42 Å². The predicted octanol–water partition coefficient (Wildman–Crippen LogP) is 2.44. The van der Waals surface area contributed by atoms with Gasteiger partial charge in [0.1, 0.15) is 0 Å². The Balaban J connectivity index is 1.49. The van der Waals surface area contributed by atoms with E-state index >= 15 is 0 Å². The van der Waals surface area contributed by atoms with Gasteiger partial charge in [-0.15, -0.1) is 0 Å². The number of aliphatic carboxylic acids is 1. The molecule has 0 spiro atoms. The fourth-order valence-electron chi connectivity index (χ4n) is 5.29. The van der Waals surface area contributed by atoms with Gasteiger partial charge in [0, 0.05) is 44.0 Å². The lowest BCUT2D eigenvalue weighted by Gasteiger charge is -2.53. The molecule has 0 unspecified atom stereocenters. The van der Waals surface area contributed by atoms with Crippen molar-refractivity contribution in [1.29, 1.82) is 0 Å². The fourth-order valence-corrected chi connectivity index (χ4v) is 5.29. The molecule has 3 fully saturated rings. The molecule has 0 bridgehead atoms. The van der Waals surface area contributed by atoms with Crippen LogP contribution in [0.4, 0.5) is 0 Å². The summed E-state index contributed by atoms with van der Waals surface area (Å²) in [6.07, 6.45) is 10.8. The van der Waals surface area contributed by atoms with E-state index in [0.717, 1.165) is 64.4 Å². The molecular formula is C20H32N4O2. The van der Waals surface area contributed by atoms with Gasteiger partial charge in [-0.25, -0.2) is 0 Å². The van der Waals surface area contributed by atoms with Gasteiger partial charge in [-0.2, -0.15) is 5.10 Å². The van der Waals surface area contributed by atoms with E-state index in [0.29, 0.717) is 0 Å². The van der Waals surface area contributed by atoms with E-state index in [2.05, 4.69) is 28.0 Å². The van der Waals surface area contributed by atoms with Gasteiger partial charge in [-0.05, 0) is 58.0 Å². The van der Waals surface area contributed by atoms with Crippen LogP contribution in [0.15, 0.2) is 12.4 Å². The number of nitrogens with zero attached hydrogens (tertiary/aromatic N) is 4. The summed E-state index contributed by atoms with van der Waals surface area (Å²) in [5.41, 5.74) is 0.603. The van der Waals surface area contributed by atoms with Crippen LogP contribution in [-0.4, -0.2) is 62.9 Å². The predicted molar refractivity (Wildman–Crippen MR) is 99.8 cm³/mol. The Morgan fingerprint density at radius 2 is 2.15 bits per heavy atom. The van der Waals surface area contributed by atoms with Gasteiger partial charge in [-0.3, -0.25) is 14.4 Å². The van der Waals surface area contributed by atoms with Crippen molar-refractivity contribution in [2.24, 2.45) is 11.3 Å². The maximum absolute atomic E-state index is 12.4. The third kappa shape index (κ3) is 3.29. The van der Waals surface area contributed by atoms with Gasteiger partial charge < -0.3 is 10.0 Å². The van der Waals surface area contributed by atoms with Crippen molar-refractivity contribution in [2.45, 2.75) is 64.6 Å². The van der Waals surface area contributed by atoms with Crippen LogP contribution in [0.25, 0.3) is 0 Å². The van der Waals surface area contributed by atoms with Crippen LogP contribution in [0.1, 0.15) is 51.0 Å². The lowest BCUT2D eigenvalue weighted by atomic mass is 9.68.